The number of hydrogen-bond acceptors (Lipinski definition) is 3. The van der Waals surface area contributed by atoms with E-state index >= 15 is 0 Å². The van der Waals surface area contributed by atoms with Gasteiger partial charge in [0, 0.05) is 23.6 Å². The summed E-state index contributed by atoms with van der Waals surface area (Å²) in [6.45, 7) is 2.77. The van der Waals surface area contributed by atoms with E-state index in [4.69, 9.17) is 5.73 Å². The topological polar surface area (TPSA) is 75.4 Å². The van der Waals surface area contributed by atoms with Crippen molar-refractivity contribution >= 4 is 31.8 Å². The monoisotopic (exact) mass is 361 g/mol. The lowest BCUT2D eigenvalue weighted by atomic mass is 10.1. The Hall–Kier alpha value is -0.630. The van der Waals surface area contributed by atoms with Gasteiger partial charge >= 0.3 is 10.2 Å². The predicted molar refractivity (Wildman–Crippen MR) is 84.8 cm³/mol. The fourth-order valence-corrected chi connectivity index (χ4v) is 4.38. The van der Waals surface area contributed by atoms with Crippen molar-refractivity contribution in [3.05, 3.63) is 28.2 Å². The molecule has 2 rings (SSSR count). The fraction of sp³-hybridized carbons (Fsp3) is 0.538. The minimum Gasteiger partial charge on any atom is -0.329 e. The van der Waals surface area contributed by atoms with Gasteiger partial charge in [0.25, 0.3) is 0 Å². The van der Waals surface area contributed by atoms with Gasteiger partial charge in [0.1, 0.15) is 0 Å². The molecular weight excluding hydrogens is 342 g/mol. The molecule has 0 aromatic heterocycles. The number of hydrogen-bond donors (Lipinski definition) is 2. The third-order valence-electron chi connectivity index (χ3n) is 3.66. The second-order valence-electron chi connectivity index (χ2n) is 5.02. The highest BCUT2D eigenvalue weighted by Crippen LogP contribution is 2.26. The van der Waals surface area contributed by atoms with Crippen LogP contribution in [-0.4, -0.2) is 31.9 Å². The molecule has 1 saturated heterocycles. The molecule has 0 saturated carbocycles. The van der Waals surface area contributed by atoms with Crippen LogP contribution in [0.25, 0.3) is 0 Å². The molecule has 7 heteroatoms. The Bertz CT molecular complexity index is 577. The number of nitrogens with two attached hydrogens (primary N) is 1. The van der Waals surface area contributed by atoms with Gasteiger partial charge in [-0.15, -0.1) is 0 Å². The second-order valence-corrected chi connectivity index (χ2v) is 7.49. The van der Waals surface area contributed by atoms with E-state index in [0.717, 1.165) is 29.3 Å². The van der Waals surface area contributed by atoms with Crippen molar-refractivity contribution in [1.29, 1.82) is 0 Å². The van der Waals surface area contributed by atoms with Gasteiger partial charge in [0.05, 0.1) is 5.69 Å². The third-order valence-corrected chi connectivity index (χ3v) is 6.10. The Morgan fingerprint density at radius 3 is 2.90 bits per heavy atom. The second kappa shape index (κ2) is 6.43. The van der Waals surface area contributed by atoms with Gasteiger partial charge in [-0.1, -0.05) is 28.4 Å². The van der Waals surface area contributed by atoms with Crippen molar-refractivity contribution < 1.29 is 8.42 Å². The largest absolute Gasteiger partial charge is 0.329 e. The van der Waals surface area contributed by atoms with Crippen molar-refractivity contribution in [2.75, 3.05) is 17.8 Å². The molecule has 0 bridgehead atoms. The van der Waals surface area contributed by atoms with Crippen molar-refractivity contribution in [1.82, 2.24) is 4.31 Å². The van der Waals surface area contributed by atoms with Crippen molar-refractivity contribution in [3.63, 3.8) is 0 Å². The van der Waals surface area contributed by atoms with Gasteiger partial charge in [0.15, 0.2) is 0 Å². The van der Waals surface area contributed by atoms with E-state index in [0.29, 0.717) is 18.8 Å². The highest BCUT2D eigenvalue weighted by Gasteiger charge is 2.31. The SMILES string of the molecule is Cc1c(Br)cccc1NS(=O)(=O)N1CCCCC1CN. The maximum Gasteiger partial charge on any atom is 0.301 e. The van der Waals surface area contributed by atoms with Crippen LogP contribution in [0.15, 0.2) is 22.7 Å². The molecule has 1 unspecified atom stereocenters. The summed E-state index contributed by atoms with van der Waals surface area (Å²) in [5.41, 5.74) is 7.17. The standard InChI is InChI=1S/C13H20BrN3O2S/c1-10-12(14)6-4-7-13(10)16-20(18,19)17-8-3-2-5-11(17)9-15/h4,6-7,11,16H,2-3,5,8-9,15H2,1H3. The zero-order valence-corrected chi connectivity index (χ0v) is 13.9. The quantitative estimate of drug-likeness (QED) is 0.863. The summed E-state index contributed by atoms with van der Waals surface area (Å²) in [7, 11) is -3.55. The first-order valence-electron chi connectivity index (χ1n) is 6.70. The van der Waals surface area contributed by atoms with Crippen LogP contribution in [0.1, 0.15) is 24.8 Å². The Labute approximate surface area is 128 Å². The maximum atomic E-state index is 12.5. The lowest BCUT2D eigenvalue weighted by Gasteiger charge is -2.34. The lowest BCUT2D eigenvalue weighted by Crippen LogP contribution is -2.49. The van der Waals surface area contributed by atoms with Crippen LogP contribution in [0.2, 0.25) is 0 Å². The molecule has 1 aliphatic heterocycles. The molecule has 0 radical (unpaired) electrons. The molecule has 1 fully saturated rings. The molecule has 1 aliphatic rings. The van der Waals surface area contributed by atoms with E-state index in [9.17, 15) is 8.42 Å². The zero-order chi connectivity index (χ0) is 14.8. The fourth-order valence-electron chi connectivity index (χ4n) is 2.44. The van der Waals surface area contributed by atoms with Crippen LogP contribution in [0, 0.1) is 6.92 Å². The van der Waals surface area contributed by atoms with Gasteiger partial charge in [-0.25, -0.2) is 0 Å². The average molecular weight is 362 g/mol. The Morgan fingerprint density at radius 2 is 2.20 bits per heavy atom. The smallest absolute Gasteiger partial charge is 0.301 e. The van der Waals surface area contributed by atoms with E-state index in [-0.39, 0.29) is 6.04 Å². The first-order chi connectivity index (χ1) is 9.45. The van der Waals surface area contributed by atoms with E-state index in [1.54, 1.807) is 6.07 Å². The predicted octanol–water partition coefficient (Wildman–Crippen LogP) is 2.23. The van der Waals surface area contributed by atoms with Crippen molar-refractivity contribution in [2.24, 2.45) is 5.73 Å². The summed E-state index contributed by atoms with van der Waals surface area (Å²) in [6, 6.07) is 5.36. The third kappa shape index (κ3) is 3.33. The average Bonchev–Trinajstić information content (AvgIpc) is 2.43. The molecule has 1 aromatic rings. The summed E-state index contributed by atoms with van der Waals surface area (Å²) in [4.78, 5) is 0. The number of nitrogens with one attached hydrogen (secondary N) is 1. The molecule has 0 aliphatic carbocycles. The van der Waals surface area contributed by atoms with Gasteiger partial charge in [-0.05, 0) is 37.5 Å². The minimum atomic E-state index is -3.55. The molecule has 0 amide bonds. The van der Waals surface area contributed by atoms with E-state index in [1.807, 2.05) is 19.1 Å². The Morgan fingerprint density at radius 1 is 1.45 bits per heavy atom. The van der Waals surface area contributed by atoms with Gasteiger partial charge in [-0.2, -0.15) is 12.7 Å². The first kappa shape index (κ1) is 15.8. The van der Waals surface area contributed by atoms with E-state index in [2.05, 4.69) is 20.7 Å². The van der Waals surface area contributed by atoms with Crippen LogP contribution in [-0.2, 0) is 10.2 Å². The normalized spacial score (nSPS) is 20.9. The van der Waals surface area contributed by atoms with Gasteiger partial charge in [0.2, 0.25) is 0 Å². The van der Waals surface area contributed by atoms with E-state index in [1.165, 1.54) is 4.31 Å². The zero-order valence-electron chi connectivity index (χ0n) is 11.5. The summed E-state index contributed by atoms with van der Waals surface area (Å²) < 4.78 is 30.1. The summed E-state index contributed by atoms with van der Waals surface area (Å²) in [5.74, 6) is 0. The minimum absolute atomic E-state index is 0.103. The van der Waals surface area contributed by atoms with Gasteiger partial charge < -0.3 is 5.73 Å². The molecule has 1 aromatic carbocycles. The highest BCUT2D eigenvalue weighted by molar-refractivity contribution is 9.10. The van der Waals surface area contributed by atoms with Crippen LogP contribution < -0.4 is 10.5 Å². The van der Waals surface area contributed by atoms with Crippen LogP contribution in [0.3, 0.4) is 0 Å². The molecule has 1 heterocycles. The number of rotatable bonds is 4. The van der Waals surface area contributed by atoms with Crippen LogP contribution in [0.4, 0.5) is 5.69 Å². The number of piperidine rings is 1. The lowest BCUT2D eigenvalue weighted by molar-refractivity contribution is 0.259. The summed E-state index contributed by atoms with van der Waals surface area (Å²) in [6.07, 6.45) is 2.74. The Balaban J connectivity index is 2.24. The molecule has 20 heavy (non-hydrogen) atoms. The number of benzene rings is 1. The molecule has 0 spiro atoms. The molecular formula is C13H20BrN3O2S. The van der Waals surface area contributed by atoms with Crippen molar-refractivity contribution in [3.8, 4) is 0 Å². The number of halogens is 1. The maximum absolute atomic E-state index is 12.5. The summed E-state index contributed by atoms with van der Waals surface area (Å²) in [5, 5.41) is 0. The molecule has 5 nitrogen and oxygen atoms in total. The van der Waals surface area contributed by atoms with Crippen molar-refractivity contribution in [2.45, 2.75) is 32.2 Å². The molecule has 3 N–H and O–H groups in total. The van der Waals surface area contributed by atoms with E-state index < -0.39 is 10.2 Å². The summed E-state index contributed by atoms with van der Waals surface area (Å²) >= 11 is 3.41. The number of nitrogens with zero attached hydrogens (tertiary/aromatic N) is 1. The highest BCUT2D eigenvalue weighted by atomic mass is 79.9. The van der Waals surface area contributed by atoms with Crippen LogP contribution in [0.5, 0.6) is 0 Å². The Kier molecular flexibility index (Phi) is 5.06. The van der Waals surface area contributed by atoms with Gasteiger partial charge in [-0.3, -0.25) is 4.72 Å². The van der Waals surface area contributed by atoms with Crippen LogP contribution >= 0.6 is 15.9 Å². The first-order valence-corrected chi connectivity index (χ1v) is 8.94. The number of anilines is 1. The molecule has 112 valence electrons. The molecule has 1 atom stereocenters.